The van der Waals surface area contributed by atoms with Crippen molar-refractivity contribution in [2.45, 2.75) is 55.3 Å². The van der Waals surface area contributed by atoms with Crippen molar-refractivity contribution in [2.24, 2.45) is 0 Å². The predicted molar refractivity (Wildman–Crippen MR) is 112 cm³/mol. The van der Waals surface area contributed by atoms with E-state index in [1.807, 2.05) is 4.98 Å². The Morgan fingerprint density at radius 3 is 2.24 bits per heavy atom. The molecule has 0 amide bonds. The average molecular weight is 582 g/mol. The van der Waals surface area contributed by atoms with Gasteiger partial charge in [-0.2, -0.15) is 4.31 Å². The second-order valence-electron chi connectivity index (χ2n) is 7.91. The van der Waals surface area contributed by atoms with Crippen molar-refractivity contribution in [1.82, 2.24) is 9.55 Å². The summed E-state index contributed by atoms with van der Waals surface area (Å²) >= 11 is 0. The highest BCUT2D eigenvalue weighted by atomic mass is 31.3. The second-order valence-corrected chi connectivity index (χ2v) is 10.9. The number of aliphatic hydroxyl groups is 4. The van der Waals surface area contributed by atoms with Gasteiger partial charge in [0.05, 0.1) is 13.2 Å². The highest BCUT2D eigenvalue weighted by molar-refractivity contribution is 7.61. The maximum atomic E-state index is 14.3. The number of phosphoric ester groups is 2. The lowest BCUT2D eigenvalue weighted by atomic mass is 10.0. The van der Waals surface area contributed by atoms with E-state index in [0.717, 1.165) is 16.8 Å². The van der Waals surface area contributed by atoms with Gasteiger partial charge in [0.25, 0.3) is 5.56 Å². The number of methoxy groups -OCH3 is 1. The number of ether oxygens (including phenoxy) is 3. The molecule has 212 valence electrons. The number of nitrogens with one attached hydrogen (secondary N) is 1. The summed E-state index contributed by atoms with van der Waals surface area (Å²) < 4.78 is 67.2. The van der Waals surface area contributed by atoms with Crippen molar-refractivity contribution in [1.29, 1.82) is 0 Å². The van der Waals surface area contributed by atoms with Crippen molar-refractivity contribution in [3.8, 4) is 0 Å². The van der Waals surface area contributed by atoms with E-state index in [4.69, 9.17) is 14.2 Å². The largest absolute Gasteiger partial charge is 0.483 e. The number of rotatable bonds is 10. The van der Waals surface area contributed by atoms with Gasteiger partial charge in [-0.15, -0.1) is 0 Å². The number of hydrogen-bond acceptors (Lipinski definition) is 14. The Morgan fingerprint density at radius 1 is 1.00 bits per heavy atom. The summed E-state index contributed by atoms with van der Waals surface area (Å²) in [6.07, 6.45) is -16.0. The van der Waals surface area contributed by atoms with Crippen LogP contribution in [0.3, 0.4) is 0 Å². The highest BCUT2D eigenvalue weighted by Crippen LogP contribution is 2.61. The highest BCUT2D eigenvalue weighted by Gasteiger charge is 2.50. The Hall–Kier alpha value is -1.41. The zero-order valence-corrected chi connectivity index (χ0v) is 20.5. The van der Waals surface area contributed by atoms with Crippen LogP contribution in [0.25, 0.3) is 0 Å². The van der Waals surface area contributed by atoms with Crippen molar-refractivity contribution < 1.29 is 71.3 Å². The van der Waals surface area contributed by atoms with Crippen molar-refractivity contribution >= 4 is 15.6 Å². The van der Waals surface area contributed by atoms with Crippen molar-refractivity contribution in [3.05, 3.63) is 33.1 Å². The second kappa shape index (κ2) is 11.8. The molecule has 0 aromatic carbocycles. The smallest absolute Gasteiger partial charge is 0.387 e. The molecular weight excluding hydrogens is 557 g/mol. The van der Waals surface area contributed by atoms with Crippen LogP contribution in [-0.4, -0.2) is 109 Å². The summed E-state index contributed by atoms with van der Waals surface area (Å²) in [5, 5.41) is 39.8. The van der Waals surface area contributed by atoms with Crippen LogP contribution in [-0.2, 0) is 36.7 Å². The van der Waals surface area contributed by atoms with Gasteiger partial charge in [-0.25, -0.2) is 18.3 Å². The third kappa shape index (κ3) is 7.17. The topological polar surface area (TPSA) is 266 Å². The summed E-state index contributed by atoms with van der Waals surface area (Å²) in [6.45, 7) is -1.42. The monoisotopic (exact) mass is 582 g/mol. The van der Waals surface area contributed by atoms with E-state index in [9.17, 15) is 53.3 Å². The maximum Gasteiger partial charge on any atom is 0.483 e. The first-order valence-corrected chi connectivity index (χ1v) is 13.3. The number of aromatic amines is 1. The van der Waals surface area contributed by atoms with Crippen LogP contribution < -0.4 is 11.2 Å². The molecule has 21 heteroatoms. The molecule has 2 saturated heterocycles. The number of nitrogens with zero attached hydrogens (tertiary/aromatic N) is 1. The number of aromatic nitrogens is 2. The third-order valence-electron chi connectivity index (χ3n) is 5.26. The summed E-state index contributed by atoms with van der Waals surface area (Å²) in [6, 6.07) is 0.928. The van der Waals surface area contributed by atoms with Crippen molar-refractivity contribution in [3.63, 3.8) is 0 Å². The number of halogens is 1. The molecule has 0 spiro atoms. The lowest BCUT2D eigenvalue weighted by Crippen LogP contribution is -2.57. The van der Waals surface area contributed by atoms with E-state index in [1.165, 1.54) is 7.11 Å². The fourth-order valence-corrected chi connectivity index (χ4v) is 5.63. The van der Waals surface area contributed by atoms with E-state index in [0.29, 0.717) is 0 Å². The Bertz CT molecular complexity index is 1150. The summed E-state index contributed by atoms with van der Waals surface area (Å²) in [5.74, 6) is 0. The van der Waals surface area contributed by atoms with Gasteiger partial charge in [0, 0.05) is 19.4 Å². The van der Waals surface area contributed by atoms with Crippen LogP contribution in [0.4, 0.5) is 4.39 Å². The number of alkyl halides is 1. The Kier molecular flexibility index (Phi) is 9.58. The molecule has 0 bridgehead atoms. The van der Waals surface area contributed by atoms with Crippen LogP contribution >= 0.6 is 15.6 Å². The van der Waals surface area contributed by atoms with Gasteiger partial charge in [-0.05, 0) is 0 Å². The fourth-order valence-electron chi connectivity index (χ4n) is 3.48. The van der Waals surface area contributed by atoms with Crippen LogP contribution in [0.2, 0.25) is 0 Å². The Morgan fingerprint density at radius 2 is 1.62 bits per heavy atom. The minimum atomic E-state index is -5.64. The molecule has 2 aliphatic rings. The maximum absolute atomic E-state index is 14.3. The van der Waals surface area contributed by atoms with Gasteiger partial charge >= 0.3 is 21.3 Å². The molecule has 3 heterocycles. The molecule has 7 unspecified atom stereocenters. The lowest BCUT2D eigenvalue weighted by Gasteiger charge is -2.38. The fraction of sp³-hybridized carbons (Fsp3) is 0.750. The van der Waals surface area contributed by atoms with E-state index in [1.54, 1.807) is 0 Å². The lowest BCUT2D eigenvalue weighted by molar-refractivity contribution is -0.266. The predicted octanol–water partition coefficient (Wildman–Crippen LogP) is -3.16. The number of H-pyrrole nitrogens is 1. The first-order chi connectivity index (χ1) is 17.2. The van der Waals surface area contributed by atoms with Gasteiger partial charge in [0.15, 0.2) is 12.4 Å². The molecule has 0 radical (unpaired) electrons. The molecule has 2 fully saturated rings. The number of hydrogen-bond donors (Lipinski definition) is 7. The van der Waals surface area contributed by atoms with Crippen LogP contribution in [0.5, 0.6) is 0 Å². The van der Waals surface area contributed by atoms with Crippen LogP contribution in [0.15, 0.2) is 21.9 Å². The molecule has 3 rings (SSSR count). The summed E-state index contributed by atoms with van der Waals surface area (Å²) in [5.41, 5.74) is -1.75. The molecule has 11 atom stereocenters. The number of phosphoric acid groups is 2. The molecule has 1 aromatic rings. The van der Waals surface area contributed by atoms with Crippen molar-refractivity contribution in [2.75, 3.05) is 20.3 Å². The standard InChI is InChI=1S/C16H25FN2O16P2/c1-30-4-6-10(21)12(23)9(17)15(33-6)34-37(28,29)35-36(26,27)31-5-7-11(22)13(24)14(32-7)19-3-2-8(20)18-16(19)25/h2-3,6-7,9-15,21-24H,4-5H2,1H3,(H,26,27)(H,28,29)(H,18,20,25)/t6?,7-,9?,10?,11-,12?,13-,14-,15?/m1/s1. The summed E-state index contributed by atoms with van der Waals surface area (Å²) in [7, 11) is -9.96. The van der Waals surface area contributed by atoms with E-state index < -0.39 is 88.8 Å². The summed E-state index contributed by atoms with van der Waals surface area (Å²) in [4.78, 5) is 44.6. The van der Waals surface area contributed by atoms with Crippen LogP contribution in [0, 0.1) is 0 Å². The SMILES string of the molecule is COCC1OC(OP(=O)(O)OP(=O)(O)OC[C@H]2O[C@@H](n3ccc(=O)[nH]c3=O)[C@H](O)[C@@H]2O)C(F)C(O)C1O. The third-order valence-corrected chi connectivity index (χ3v) is 7.87. The first kappa shape index (κ1) is 30.1. The molecule has 0 aliphatic carbocycles. The molecule has 1 aromatic heterocycles. The normalized spacial score (nSPS) is 37.7. The van der Waals surface area contributed by atoms with E-state index >= 15 is 0 Å². The molecule has 7 N–H and O–H groups in total. The van der Waals surface area contributed by atoms with Gasteiger partial charge in [0.1, 0.15) is 36.6 Å². The van der Waals surface area contributed by atoms with E-state index in [2.05, 4.69) is 13.4 Å². The number of aliphatic hydroxyl groups excluding tert-OH is 4. The van der Waals surface area contributed by atoms with Gasteiger partial charge < -0.3 is 44.4 Å². The van der Waals surface area contributed by atoms with Crippen LogP contribution in [0.1, 0.15) is 6.23 Å². The zero-order valence-electron chi connectivity index (χ0n) is 18.8. The minimum Gasteiger partial charge on any atom is -0.387 e. The van der Waals surface area contributed by atoms with Gasteiger partial charge in [0.2, 0.25) is 6.29 Å². The van der Waals surface area contributed by atoms with Gasteiger partial charge in [-0.3, -0.25) is 23.4 Å². The molecule has 18 nitrogen and oxygen atoms in total. The molecule has 37 heavy (non-hydrogen) atoms. The first-order valence-electron chi connectivity index (χ1n) is 10.3. The minimum absolute atomic E-state index is 0.384. The Labute approximate surface area is 205 Å². The van der Waals surface area contributed by atoms with Gasteiger partial charge in [-0.1, -0.05) is 0 Å². The quantitative estimate of drug-likeness (QED) is 0.134. The van der Waals surface area contributed by atoms with E-state index in [-0.39, 0.29) is 6.61 Å². The molecular formula is C16H25FN2O16P2. The Balaban J connectivity index is 1.61. The zero-order chi connectivity index (χ0) is 27.7. The molecule has 0 saturated carbocycles. The molecule has 2 aliphatic heterocycles. The average Bonchev–Trinajstić information content (AvgIpc) is 3.07.